The maximum Gasteiger partial charge on any atom is 0.286 e. The fraction of sp³-hybridized carbons (Fsp3) is 0.333. The van der Waals surface area contributed by atoms with Gasteiger partial charge in [0, 0.05) is 48.9 Å². The van der Waals surface area contributed by atoms with E-state index in [1.807, 2.05) is 58.2 Å². The second-order valence-corrected chi connectivity index (χ2v) is 6.56. The molecule has 2 rings (SSSR count). The van der Waals surface area contributed by atoms with E-state index in [0.717, 1.165) is 11.1 Å². The molecule has 138 valence electrons. The zero-order valence-electron chi connectivity index (χ0n) is 14.5. The van der Waals surface area contributed by atoms with Crippen molar-refractivity contribution in [1.82, 2.24) is 10.6 Å². The van der Waals surface area contributed by atoms with E-state index in [-0.39, 0.29) is 24.9 Å². The highest BCUT2D eigenvalue weighted by Gasteiger charge is 2.11. The average molecular weight is 393 g/mol. The molecule has 0 saturated carbocycles. The average Bonchev–Trinajstić information content (AvgIpc) is 2.66. The van der Waals surface area contributed by atoms with Crippen molar-refractivity contribution < 1.29 is 18.7 Å². The molecule has 0 aliphatic carbocycles. The van der Waals surface area contributed by atoms with Crippen LogP contribution in [-0.4, -0.2) is 36.4 Å². The molecule has 0 atom stereocenters. The van der Waals surface area contributed by atoms with E-state index < -0.39 is 0 Å². The van der Waals surface area contributed by atoms with Crippen LogP contribution in [-0.2, 0) is 22.7 Å². The van der Waals surface area contributed by atoms with E-state index in [1.54, 1.807) is 0 Å². The maximum atomic E-state index is 11.7. The summed E-state index contributed by atoms with van der Waals surface area (Å²) in [5.41, 5.74) is 2.09. The van der Waals surface area contributed by atoms with Crippen molar-refractivity contribution >= 4 is 37.1 Å². The lowest BCUT2D eigenvalue weighted by Gasteiger charge is -2.03. The predicted octanol–water partition coefficient (Wildman–Crippen LogP) is 0.0206. The molecule has 2 N–H and O–H groups in total. The number of carbonyl (C=O) groups is 2. The molecule has 0 spiro atoms. The van der Waals surface area contributed by atoms with Gasteiger partial charge in [-0.3, -0.25) is 9.59 Å². The summed E-state index contributed by atoms with van der Waals surface area (Å²) in [4.78, 5) is 23.4. The van der Waals surface area contributed by atoms with Gasteiger partial charge in [-0.15, -0.1) is 0 Å². The normalized spacial score (nSPS) is 10.4. The molecule has 0 aliphatic heterocycles. The minimum Gasteiger partial charge on any atom is -0.350 e. The number of carbonyl (C=O) groups excluding carboxylic acids is 2. The molecule has 2 heterocycles. The van der Waals surface area contributed by atoms with Gasteiger partial charge in [-0.1, -0.05) is 0 Å². The van der Waals surface area contributed by atoms with Crippen LogP contribution in [0.2, 0.25) is 0 Å². The smallest absolute Gasteiger partial charge is 0.286 e. The summed E-state index contributed by atoms with van der Waals surface area (Å²) in [6.45, 7) is 1.70. The Morgan fingerprint density at radius 3 is 1.38 bits per heavy atom. The molecule has 0 fully saturated rings. The van der Waals surface area contributed by atoms with Crippen molar-refractivity contribution in [3.8, 4) is 11.1 Å². The Morgan fingerprint density at radius 2 is 1.08 bits per heavy atom. The molecule has 0 saturated heterocycles. The summed E-state index contributed by atoms with van der Waals surface area (Å²) >= 11 is 8.13. The van der Waals surface area contributed by atoms with E-state index in [1.165, 1.54) is 0 Å². The fourth-order valence-electron chi connectivity index (χ4n) is 2.34. The molecule has 0 aliphatic rings. The number of rotatable bonds is 9. The zero-order chi connectivity index (χ0) is 18.8. The Morgan fingerprint density at radius 1 is 0.731 bits per heavy atom. The number of amides is 2. The van der Waals surface area contributed by atoms with Gasteiger partial charge in [-0.05, 0) is 11.1 Å². The number of hydrogen-bond donors (Lipinski definition) is 4. The number of nitrogens with zero attached hydrogens (tertiary/aromatic N) is 2. The van der Waals surface area contributed by atoms with Gasteiger partial charge in [-0.2, -0.15) is 34.4 Å². The van der Waals surface area contributed by atoms with Crippen molar-refractivity contribution in [2.45, 2.75) is 13.1 Å². The Hall–Kier alpha value is -2.06. The quantitative estimate of drug-likeness (QED) is 0.359. The highest BCUT2D eigenvalue weighted by Crippen LogP contribution is 2.15. The van der Waals surface area contributed by atoms with Crippen LogP contribution in [0.25, 0.3) is 11.1 Å². The molecular weight excluding hydrogens is 368 g/mol. The number of thiol groups is 2. The number of nitrogens with one attached hydrogen (secondary N) is 2. The first-order chi connectivity index (χ1) is 12.6. The molecule has 0 unspecified atom stereocenters. The van der Waals surface area contributed by atoms with Crippen molar-refractivity contribution in [3.05, 3.63) is 49.1 Å². The highest BCUT2D eigenvalue weighted by molar-refractivity contribution is 7.80. The second-order valence-electron chi connectivity index (χ2n) is 5.67. The number of pyridine rings is 2. The standard InChI is InChI=1S/C18H22N4O2S2/c23-17(19-5-11-25)13-21-7-1-15(2-8-21)16-3-9-22(10-4-16)14-18(24)20-6-12-26/h1-4,7-10H,5-6,11-14H2,(H2-2,19,20,23,24,25,26)/p+2. The lowest BCUT2D eigenvalue weighted by molar-refractivity contribution is -0.684. The van der Waals surface area contributed by atoms with Gasteiger partial charge < -0.3 is 10.6 Å². The zero-order valence-corrected chi connectivity index (χ0v) is 16.3. The molecule has 0 radical (unpaired) electrons. The van der Waals surface area contributed by atoms with Crippen molar-refractivity contribution in [3.63, 3.8) is 0 Å². The van der Waals surface area contributed by atoms with E-state index in [4.69, 9.17) is 0 Å². The Kier molecular flexibility index (Phi) is 8.43. The van der Waals surface area contributed by atoms with Crippen LogP contribution in [0.3, 0.4) is 0 Å². The summed E-state index contributed by atoms with van der Waals surface area (Å²) in [6, 6.07) is 7.85. The number of hydrogen-bond acceptors (Lipinski definition) is 4. The third-order valence-corrected chi connectivity index (χ3v) is 4.08. The first-order valence-corrected chi connectivity index (χ1v) is 9.62. The summed E-state index contributed by atoms with van der Waals surface area (Å²) in [5, 5.41) is 5.57. The lowest BCUT2D eigenvalue weighted by Crippen LogP contribution is -2.43. The summed E-state index contributed by atoms with van der Waals surface area (Å²) in [7, 11) is 0. The van der Waals surface area contributed by atoms with Crippen LogP contribution in [0, 0.1) is 0 Å². The van der Waals surface area contributed by atoms with Gasteiger partial charge in [0.25, 0.3) is 11.8 Å². The van der Waals surface area contributed by atoms with Gasteiger partial charge in [-0.25, -0.2) is 0 Å². The van der Waals surface area contributed by atoms with Gasteiger partial charge in [0.15, 0.2) is 24.8 Å². The minimum atomic E-state index is -0.0336. The minimum absolute atomic E-state index is 0.0336. The summed E-state index contributed by atoms with van der Waals surface area (Å²) < 4.78 is 3.65. The second kappa shape index (κ2) is 10.8. The molecule has 8 heteroatoms. The topological polar surface area (TPSA) is 66.0 Å². The third-order valence-electron chi connectivity index (χ3n) is 3.64. The highest BCUT2D eigenvalue weighted by atomic mass is 32.1. The third kappa shape index (κ3) is 6.68. The first kappa shape index (κ1) is 20.3. The molecular formula is C18H24N4O2S2+2. The SMILES string of the molecule is O=C(C[n+]1ccc(-c2cc[n+](CC(=O)NCCS)cc2)cc1)NCCS. The molecule has 26 heavy (non-hydrogen) atoms. The Bertz CT molecular complexity index is 657. The summed E-state index contributed by atoms with van der Waals surface area (Å²) in [5.74, 6) is 1.18. The molecule has 6 nitrogen and oxygen atoms in total. The largest absolute Gasteiger partial charge is 0.350 e. The molecule has 2 amide bonds. The number of aromatic nitrogens is 2. The van der Waals surface area contributed by atoms with E-state index >= 15 is 0 Å². The van der Waals surface area contributed by atoms with E-state index in [9.17, 15) is 9.59 Å². The van der Waals surface area contributed by atoms with Gasteiger partial charge in [0.1, 0.15) is 0 Å². The van der Waals surface area contributed by atoms with E-state index in [0.29, 0.717) is 24.6 Å². The van der Waals surface area contributed by atoms with Crippen LogP contribution < -0.4 is 19.8 Å². The predicted molar refractivity (Wildman–Crippen MR) is 106 cm³/mol. The summed E-state index contributed by atoms with van der Waals surface area (Å²) in [6.07, 6.45) is 7.51. The molecule has 0 bridgehead atoms. The van der Waals surface area contributed by atoms with Gasteiger partial charge >= 0.3 is 0 Å². The fourth-order valence-corrected chi connectivity index (χ4v) is 2.57. The Labute approximate surface area is 164 Å². The van der Waals surface area contributed by atoms with Crippen LogP contribution >= 0.6 is 25.3 Å². The van der Waals surface area contributed by atoms with Crippen LogP contribution in [0.1, 0.15) is 0 Å². The van der Waals surface area contributed by atoms with Crippen LogP contribution in [0.4, 0.5) is 0 Å². The van der Waals surface area contributed by atoms with Crippen molar-refractivity contribution in [1.29, 1.82) is 0 Å². The maximum absolute atomic E-state index is 11.7. The van der Waals surface area contributed by atoms with Crippen LogP contribution in [0.5, 0.6) is 0 Å². The van der Waals surface area contributed by atoms with Gasteiger partial charge in [0.2, 0.25) is 13.1 Å². The first-order valence-electron chi connectivity index (χ1n) is 8.36. The molecule has 2 aromatic rings. The molecule has 2 aromatic heterocycles. The Balaban J connectivity index is 1.94. The molecule has 0 aromatic carbocycles. The van der Waals surface area contributed by atoms with Gasteiger partial charge in [0.05, 0.1) is 0 Å². The lowest BCUT2D eigenvalue weighted by atomic mass is 10.1. The van der Waals surface area contributed by atoms with E-state index in [2.05, 4.69) is 35.9 Å². The van der Waals surface area contributed by atoms with Crippen LogP contribution in [0.15, 0.2) is 49.1 Å². The van der Waals surface area contributed by atoms with Crippen molar-refractivity contribution in [2.75, 3.05) is 24.6 Å². The van der Waals surface area contributed by atoms with Crippen molar-refractivity contribution in [2.24, 2.45) is 0 Å². The monoisotopic (exact) mass is 392 g/mol.